The second-order valence-electron chi connectivity index (χ2n) is 5.10. The number of aliphatic carboxylic acids is 1. The number of carbonyl (C=O) groups is 2. The van der Waals surface area contributed by atoms with E-state index < -0.39 is 17.2 Å². The lowest BCUT2D eigenvalue weighted by molar-refractivity contribution is -0.148. The zero-order chi connectivity index (χ0) is 14.8. The van der Waals surface area contributed by atoms with Crippen molar-refractivity contribution in [1.29, 1.82) is 0 Å². The molecule has 1 aromatic rings. The van der Waals surface area contributed by atoms with Gasteiger partial charge in [0.25, 0.3) is 5.91 Å². The summed E-state index contributed by atoms with van der Waals surface area (Å²) in [5, 5.41) is 12.0. The van der Waals surface area contributed by atoms with Gasteiger partial charge in [-0.1, -0.05) is 12.8 Å². The number of benzene rings is 1. The SMILES string of the molecule is O=C(NCC1(C(=O)O)CCCC1)c1ccc(F)cc1I. The van der Waals surface area contributed by atoms with E-state index in [-0.39, 0.29) is 12.5 Å². The maximum absolute atomic E-state index is 13.0. The number of carboxylic acid groups (broad SMARTS) is 1. The molecule has 2 N–H and O–H groups in total. The summed E-state index contributed by atoms with van der Waals surface area (Å²) in [6, 6.07) is 3.91. The van der Waals surface area contributed by atoms with Crippen molar-refractivity contribution in [2.45, 2.75) is 25.7 Å². The Kier molecular flexibility index (Phi) is 4.62. The molecule has 0 bridgehead atoms. The van der Waals surface area contributed by atoms with Crippen molar-refractivity contribution in [2.75, 3.05) is 6.54 Å². The molecule has 2 rings (SSSR count). The highest BCUT2D eigenvalue weighted by molar-refractivity contribution is 14.1. The fraction of sp³-hybridized carbons (Fsp3) is 0.429. The molecule has 0 aromatic heterocycles. The molecule has 1 aliphatic rings. The van der Waals surface area contributed by atoms with Gasteiger partial charge in [0.1, 0.15) is 5.82 Å². The van der Waals surface area contributed by atoms with Crippen LogP contribution in [0, 0.1) is 14.8 Å². The van der Waals surface area contributed by atoms with Gasteiger partial charge in [-0.25, -0.2) is 4.39 Å². The second kappa shape index (κ2) is 6.07. The molecule has 0 heterocycles. The Morgan fingerprint density at radius 3 is 2.55 bits per heavy atom. The third-order valence-corrected chi connectivity index (χ3v) is 4.67. The number of rotatable bonds is 4. The Labute approximate surface area is 129 Å². The van der Waals surface area contributed by atoms with Gasteiger partial charge in [0.05, 0.1) is 11.0 Å². The van der Waals surface area contributed by atoms with Crippen LogP contribution in [0.3, 0.4) is 0 Å². The molecule has 1 fully saturated rings. The van der Waals surface area contributed by atoms with E-state index in [0.717, 1.165) is 12.8 Å². The summed E-state index contributed by atoms with van der Waals surface area (Å²) in [5.41, 5.74) is -0.480. The second-order valence-corrected chi connectivity index (χ2v) is 6.26. The molecule has 4 nitrogen and oxygen atoms in total. The average Bonchev–Trinajstić information content (AvgIpc) is 2.86. The first kappa shape index (κ1) is 15.2. The third kappa shape index (κ3) is 3.11. The van der Waals surface area contributed by atoms with Crippen molar-refractivity contribution in [3.8, 4) is 0 Å². The molecule has 6 heteroatoms. The van der Waals surface area contributed by atoms with Crippen LogP contribution in [0.1, 0.15) is 36.0 Å². The molecule has 0 atom stereocenters. The summed E-state index contributed by atoms with van der Waals surface area (Å²) in [4.78, 5) is 23.4. The summed E-state index contributed by atoms with van der Waals surface area (Å²) in [6.45, 7) is 0.120. The molecule has 1 aromatic carbocycles. The zero-order valence-corrected chi connectivity index (χ0v) is 12.9. The van der Waals surface area contributed by atoms with Crippen molar-refractivity contribution in [3.63, 3.8) is 0 Å². The van der Waals surface area contributed by atoms with Crippen LogP contribution in [0.4, 0.5) is 4.39 Å². The fourth-order valence-electron chi connectivity index (χ4n) is 2.54. The number of carbonyl (C=O) groups excluding carboxylic acids is 1. The summed E-state index contributed by atoms with van der Waals surface area (Å²) in [6.07, 6.45) is 2.92. The molecular weight excluding hydrogens is 376 g/mol. The molecule has 0 unspecified atom stereocenters. The van der Waals surface area contributed by atoms with Crippen LogP contribution in [-0.2, 0) is 4.79 Å². The highest BCUT2D eigenvalue weighted by Crippen LogP contribution is 2.37. The van der Waals surface area contributed by atoms with Crippen molar-refractivity contribution >= 4 is 34.5 Å². The summed E-state index contributed by atoms with van der Waals surface area (Å²) >= 11 is 1.89. The van der Waals surface area contributed by atoms with E-state index >= 15 is 0 Å². The van der Waals surface area contributed by atoms with E-state index in [1.165, 1.54) is 18.2 Å². The minimum Gasteiger partial charge on any atom is -0.481 e. The normalized spacial score (nSPS) is 16.9. The van der Waals surface area contributed by atoms with E-state index in [0.29, 0.717) is 22.0 Å². The maximum Gasteiger partial charge on any atom is 0.311 e. The number of halogens is 2. The smallest absolute Gasteiger partial charge is 0.311 e. The quantitative estimate of drug-likeness (QED) is 0.776. The molecule has 1 amide bonds. The van der Waals surface area contributed by atoms with E-state index in [1.807, 2.05) is 22.6 Å². The molecule has 0 radical (unpaired) electrons. The molecule has 0 saturated heterocycles. The van der Waals surface area contributed by atoms with Gasteiger partial charge in [0.15, 0.2) is 0 Å². The average molecular weight is 391 g/mol. The summed E-state index contributed by atoms with van der Waals surface area (Å²) in [7, 11) is 0. The van der Waals surface area contributed by atoms with Gasteiger partial charge in [-0.3, -0.25) is 9.59 Å². The number of amides is 1. The zero-order valence-electron chi connectivity index (χ0n) is 10.8. The lowest BCUT2D eigenvalue weighted by Gasteiger charge is -2.24. The first-order chi connectivity index (χ1) is 9.44. The predicted molar refractivity (Wildman–Crippen MR) is 80.0 cm³/mol. The number of hydrogen-bond donors (Lipinski definition) is 2. The lowest BCUT2D eigenvalue weighted by atomic mass is 9.86. The fourth-order valence-corrected chi connectivity index (χ4v) is 3.26. The van der Waals surface area contributed by atoms with E-state index in [1.54, 1.807) is 0 Å². The molecule has 0 aliphatic heterocycles. The van der Waals surface area contributed by atoms with Gasteiger partial charge in [-0.05, 0) is 53.6 Å². The molecule has 0 spiro atoms. The summed E-state index contributed by atoms with van der Waals surface area (Å²) in [5.74, 6) is -1.62. The number of nitrogens with one attached hydrogen (secondary N) is 1. The van der Waals surface area contributed by atoms with Crippen LogP contribution in [0.5, 0.6) is 0 Å². The highest BCUT2D eigenvalue weighted by atomic mass is 127. The standard InChI is InChI=1S/C14H15FINO3/c15-9-3-4-10(11(16)7-9)12(18)17-8-14(13(19)20)5-1-2-6-14/h3-4,7H,1-2,5-6,8H2,(H,17,18)(H,19,20). The van der Waals surface area contributed by atoms with Gasteiger partial charge in [0.2, 0.25) is 0 Å². The molecule has 108 valence electrons. The van der Waals surface area contributed by atoms with Gasteiger partial charge in [-0.2, -0.15) is 0 Å². The van der Waals surface area contributed by atoms with Crippen molar-refractivity contribution < 1.29 is 19.1 Å². The van der Waals surface area contributed by atoms with Crippen LogP contribution in [0.2, 0.25) is 0 Å². The van der Waals surface area contributed by atoms with Gasteiger partial charge in [-0.15, -0.1) is 0 Å². The van der Waals surface area contributed by atoms with E-state index in [4.69, 9.17) is 0 Å². The molecule has 1 aliphatic carbocycles. The Hall–Kier alpha value is -1.18. The van der Waals surface area contributed by atoms with Gasteiger partial charge in [0, 0.05) is 10.1 Å². The van der Waals surface area contributed by atoms with Gasteiger partial charge < -0.3 is 10.4 Å². The molecule has 20 heavy (non-hydrogen) atoms. The van der Waals surface area contributed by atoms with Gasteiger partial charge >= 0.3 is 5.97 Å². The minimum atomic E-state index is -0.857. The van der Waals surface area contributed by atoms with Crippen LogP contribution >= 0.6 is 22.6 Å². The maximum atomic E-state index is 13.0. The van der Waals surface area contributed by atoms with Crippen LogP contribution < -0.4 is 5.32 Å². The monoisotopic (exact) mass is 391 g/mol. The molecular formula is C14H15FINO3. The van der Waals surface area contributed by atoms with Crippen molar-refractivity contribution in [2.24, 2.45) is 5.41 Å². The Morgan fingerprint density at radius 2 is 2.00 bits per heavy atom. The van der Waals surface area contributed by atoms with Crippen LogP contribution in [0.25, 0.3) is 0 Å². The number of carboxylic acids is 1. The Bertz CT molecular complexity index is 541. The third-order valence-electron chi connectivity index (χ3n) is 3.78. The van der Waals surface area contributed by atoms with Crippen molar-refractivity contribution in [1.82, 2.24) is 5.32 Å². The Balaban J connectivity index is 2.06. The van der Waals surface area contributed by atoms with E-state index in [2.05, 4.69) is 5.32 Å². The predicted octanol–water partition coefficient (Wildman–Crippen LogP) is 2.81. The first-order valence-corrected chi connectivity index (χ1v) is 7.49. The van der Waals surface area contributed by atoms with Crippen LogP contribution in [-0.4, -0.2) is 23.5 Å². The van der Waals surface area contributed by atoms with Crippen LogP contribution in [0.15, 0.2) is 18.2 Å². The summed E-state index contributed by atoms with van der Waals surface area (Å²) < 4.78 is 13.5. The topological polar surface area (TPSA) is 66.4 Å². The highest BCUT2D eigenvalue weighted by Gasteiger charge is 2.41. The largest absolute Gasteiger partial charge is 0.481 e. The van der Waals surface area contributed by atoms with E-state index in [9.17, 15) is 19.1 Å². The lowest BCUT2D eigenvalue weighted by Crippen LogP contribution is -2.41. The Morgan fingerprint density at radius 1 is 1.35 bits per heavy atom. The molecule has 1 saturated carbocycles. The minimum absolute atomic E-state index is 0.120. The van der Waals surface area contributed by atoms with Crippen molar-refractivity contribution in [3.05, 3.63) is 33.1 Å². The first-order valence-electron chi connectivity index (χ1n) is 6.41. The number of hydrogen-bond acceptors (Lipinski definition) is 2.